The van der Waals surface area contributed by atoms with Gasteiger partial charge in [0, 0.05) is 4.47 Å². The molecule has 0 saturated heterocycles. The van der Waals surface area contributed by atoms with Crippen molar-refractivity contribution in [1.82, 2.24) is 0 Å². The molecule has 1 N–H and O–H groups in total. The molecule has 6 nitrogen and oxygen atoms in total. The Bertz CT molecular complexity index is 1000. The second-order valence-electron chi connectivity index (χ2n) is 7.14. The van der Waals surface area contributed by atoms with Crippen LogP contribution in [0.5, 0.6) is 0 Å². The van der Waals surface area contributed by atoms with Crippen LogP contribution in [-0.2, 0) is 14.3 Å². The molecule has 1 aliphatic heterocycles. The van der Waals surface area contributed by atoms with E-state index in [1.165, 1.54) is 11.0 Å². The zero-order valence-corrected chi connectivity index (χ0v) is 17.0. The standard InChI is InChI=1S/C21H18BrFN2O4/c22-15-11-13(23)7-8-14(15)19(27)29-12-18(26)25-17-6-2-1-5-16(17)24-20(28)21(25)9-3-4-10-21/h1-2,5-8,11H,3-4,9-10,12H2,(H,24,28). The Labute approximate surface area is 175 Å². The highest BCUT2D eigenvalue weighted by atomic mass is 79.9. The minimum Gasteiger partial charge on any atom is -0.452 e. The Morgan fingerprint density at radius 1 is 1.17 bits per heavy atom. The molecule has 1 aliphatic carbocycles. The summed E-state index contributed by atoms with van der Waals surface area (Å²) in [5.74, 6) is -1.93. The SMILES string of the molecule is O=C(OCC(=O)N1c2ccccc2NC(=O)C12CCCC2)c1ccc(F)cc1Br. The van der Waals surface area contributed by atoms with Crippen molar-refractivity contribution in [3.63, 3.8) is 0 Å². The topological polar surface area (TPSA) is 75.7 Å². The normalized spacial score (nSPS) is 17.0. The Morgan fingerprint density at radius 3 is 2.62 bits per heavy atom. The number of carbonyl (C=O) groups excluding carboxylic acids is 3. The van der Waals surface area contributed by atoms with Gasteiger partial charge < -0.3 is 10.1 Å². The van der Waals surface area contributed by atoms with Crippen molar-refractivity contribution in [2.75, 3.05) is 16.8 Å². The lowest BCUT2D eigenvalue weighted by Gasteiger charge is -2.44. The summed E-state index contributed by atoms with van der Waals surface area (Å²) in [5.41, 5.74) is 0.300. The van der Waals surface area contributed by atoms with Crippen LogP contribution in [-0.4, -0.2) is 29.9 Å². The van der Waals surface area contributed by atoms with Gasteiger partial charge in [0.1, 0.15) is 11.4 Å². The molecule has 0 atom stereocenters. The molecule has 0 bridgehead atoms. The van der Waals surface area contributed by atoms with E-state index in [0.717, 1.165) is 25.0 Å². The largest absolute Gasteiger partial charge is 0.452 e. The molecule has 2 aromatic rings. The Hall–Kier alpha value is -2.74. The van der Waals surface area contributed by atoms with Gasteiger partial charge in [-0.2, -0.15) is 0 Å². The van der Waals surface area contributed by atoms with Crippen molar-refractivity contribution in [3.05, 3.63) is 58.3 Å². The van der Waals surface area contributed by atoms with Crippen molar-refractivity contribution in [2.45, 2.75) is 31.2 Å². The molecule has 29 heavy (non-hydrogen) atoms. The lowest BCUT2D eigenvalue weighted by molar-refractivity contribution is -0.129. The van der Waals surface area contributed by atoms with Crippen molar-refractivity contribution >= 4 is 45.1 Å². The molecule has 2 amide bonds. The number of nitrogens with zero attached hydrogens (tertiary/aromatic N) is 1. The molecule has 0 unspecified atom stereocenters. The summed E-state index contributed by atoms with van der Waals surface area (Å²) in [6.45, 7) is -0.522. The maximum Gasteiger partial charge on any atom is 0.339 e. The number of halogens is 2. The molecule has 2 aliphatic rings. The van der Waals surface area contributed by atoms with Crippen LogP contribution in [0.2, 0.25) is 0 Å². The minimum atomic E-state index is -0.964. The van der Waals surface area contributed by atoms with Crippen LogP contribution in [0.25, 0.3) is 0 Å². The first kappa shape index (κ1) is 19.6. The average molecular weight is 461 g/mol. The van der Waals surface area contributed by atoms with E-state index in [2.05, 4.69) is 21.2 Å². The monoisotopic (exact) mass is 460 g/mol. The van der Waals surface area contributed by atoms with Gasteiger partial charge in [0.15, 0.2) is 6.61 Å². The highest BCUT2D eigenvalue weighted by Crippen LogP contribution is 2.45. The predicted octanol–water partition coefficient (Wildman–Crippen LogP) is 4.04. The summed E-state index contributed by atoms with van der Waals surface area (Å²) in [7, 11) is 0. The molecule has 4 rings (SSSR count). The summed E-state index contributed by atoms with van der Waals surface area (Å²) < 4.78 is 18.7. The number of carbonyl (C=O) groups is 3. The van der Waals surface area contributed by atoms with E-state index < -0.39 is 29.8 Å². The van der Waals surface area contributed by atoms with Gasteiger partial charge in [0.2, 0.25) is 0 Å². The third kappa shape index (κ3) is 3.42. The number of para-hydroxylation sites is 2. The first-order chi connectivity index (χ1) is 13.9. The number of esters is 1. The van der Waals surface area contributed by atoms with Gasteiger partial charge >= 0.3 is 5.97 Å². The zero-order chi connectivity index (χ0) is 20.6. The molecule has 150 valence electrons. The van der Waals surface area contributed by atoms with Crippen LogP contribution in [0.15, 0.2) is 46.9 Å². The van der Waals surface area contributed by atoms with E-state index in [0.29, 0.717) is 24.2 Å². The quantitative estimate of drug-likeness (QED) is 0.701. The molecule has 1 saturated carbocycles. The molecule has 0 aromatic heterocycles. The van der Waals surface area contributed by atoms with Crippen molar-refractivity contribution in [3.8, 4) is 0 Å². The van der Waals surface area contributed by atoms with E-state index in [4.69, 9.17) is 4.74 Å². The van der Waals surface area contributed by atoms with Crippen molar-refractivity contribution < 1.29 is 23.5 Å². The van der Waals surface area contributed by atoms with Gasteiger partial charge in [-0.25, -0.2) is 9.18 Å². The second kappa shape index (κ2) is 7.59. The minimum absolute atomic E-state index is 0.117. The van der Waals surface area contributed by atoms with E-state index in [1.54, 1.807) is 24.3 Å². The van der Waals surface area contributed by atoms with E-state index in [1.807, 2.05) is 0 Å². The molecule has 2 aromatic carbocycles. The van der Waals surface area contributed by atoms with Crippen LogP contribution < -0.4 is 10.2 Å². The molecular formula is C21H18BrFN2O4. The summed E-state index contributed by atoms with van der Waals surface area (Å²) >= 11 is 3.12. The van der Waals surface area contributed by atoms with Crippen LogP contribution in [0.3, 0.4) is 0 Å². The third-order valence-electron chi connectivity index (χ3n) is 5.40. The second-order valence-corrected chi connectivity index (χ2v) is 7.99. The number of anilines is 2. The summed E-state index contributed by atoms with van der Waals surface area (Å²) in [6.07, 6.45) is 2.77. The van der Waals surface area contributed by atoms with Gasteiger partial charge in [-0.1, -0.05) is 25.0 Å². The number of fused-ring (bicyclic) bond motifs is 1. The van der Waals surface area contributed by atoms with Gasteiger partial charge in [-0.15, -0.1) is 0 Å². The molecule has 1 heterocycles. The number of ether oxygens (including phenoxy) is 1. The van der Waals surface area contributed by atoms with Gasteiger partial charge in [0.05, 0.1) is 16.9 Å². The smallest absolute Gasteiger partial charge is 0.339 e. The Balaban J connectivity index is 1.59. The zero-order valence-electron chi connectivity index (χ0n) is 15.4. The predicted molar refractivity (Wildman–Crippen MR) is 108 cm³/mol. The van der Waals surface area contributed by atoms with Crippen LogP contribution in [0, 0.1) is 5.82 Å². The molecule has 0 radical (unpaired) electrons. The van der Waals surface area contributed by atoms with Gasteiger partial charge in [-0.05, 0) is 59.1 Å². The molecule has 8 heteroatoms. The summed E-state index contributed by atoms with van der Waals surface area (Å²) in [5, 5.41) is 2.90. The number of nitrogens with one attached hydrogen (secondary N) is 1. The van der Waals surface area contributed by atoms with Gasteiger partial charge in [-0.3, -0.25) is 14.5 Å². The summed E-state index contributed by atoms with van der Waals surface area (Å²) in [4.78, 5) is 39.9. The van der Waals surface area contributed by atoms with E-state index >= 15 is 0 Å². The lowest BCUT2D eigenvalue weighted by Crippen LogP contribution is -2.61. The fraction of sp³-hybridized carbons (Fsp3) is 0.286. The Kier molecular flexibility index (Phi) is 5.12. The number of rotatable bonds is 3. The molecular weight excluding hydrogens is 443 g/mol. The van der Waals surface area contributed by atoms with Gasteiger partial charge in [0.25, 0.3) is 11.8 Å². The number of hydrogen-bond donors (Lipinski definition) is 1. The fourth-order valence-corrected chi connectivity index (χ4v) is 4.57. The fourth-order valence-electron chi connectivity index (χ4n) is 4.05. The van der Waals surface area contributed by atoms with E-state index in [-0.39, 0.29) is 15.9 Å². The Morgan fingerprint density at radius 2 is 1.90 bits per heavy atom. The van der Waals surface area contributed by atoms with Crippen LogP contribution in [0.1, 0.15) is 36.0 Å². The van der Waals surface area contributed by atoms with E-state index in [9.17, 15) is 18.8 Å². The lowest BCUT2D eigenvalue weighted by atomic mass is 9.90. The van der Waals surface area contributed by atoms with Crippen molar-refractivity contribution in [1.29, 1.82) is 0 Å². The van der Waals surface area contributed by atoms with Crippen LogP contribution in [0.4, 0.5) is 15.8 Å². The first-order valence-corrected chi connectivity index (χ1v) is 10.1. The first-order valence-electron chi connectivity index (χ1n) is 9.28. The maximum atomic E-state index is 13.2. The van der Waals surface area contributed by atoms with Crippen molar-refractivity contribution in [2.24, 2.45) is 0 Å². The highest BCUT2D eigenvalue weighted by Gasteiger charge is 2.52. The number of hydrogen-bond acceptors (Lipinski definition) is 4. The molecule has 1 fully saturated rings. The summed E-state index contributed by atoms with van der Waals surface area (Å²) in [6, 6.07) is 10.6. The third-order valence-corrected chi connectivity index (χ3v) is 6.06. The molecule has 1 spiro atoms. The van der Waals surface area contributed by atoms with Crippen LogP contribution >= 0.6 is 15.9 Å². The highest BCUT2D eigenvalue weighted by molar-refractivity contribution is 9.10. The number of benzene rings is 2. The average Bonchev–Trinajstić information content (AvgIpc) is 3.17. The number of amides is 2. The maximum absolute atomic E-state index is 13.2.